The number of nitrogens with one attached hydrogen (secondary N) is 4. The van der Waals surface area contributed by atoms with E-state index in [1.54, 1.807) is 0 Å². The number of aryl methyl sites for hydroxylation is 1. The van der Waals surface area contributed by atoms with E-state index >= 15 is 0 Å². The lowest BCUT2D eigenvalue weighted by Crippen LogP contribution is -2.50. The zero-order chi connectivity index (χ0) is 34.7. The SMILES string of the molecule is Cc1ccc2nc(NC(=O)CC3CCCCC3)nc(NC3CCCCC3NC(=N)N)c2c1.O=C(O)C(F)(F)F.O=C(O)C(F)(F)F. The molecule has 12 nitrogen and oxygen atoms in total. The maximum Gasteiger partial charge on any atom is 0.490 e. The summed E-state index contributed by atoms with van der Waals surface area (Å²) >= 11 is 0. The Morgan fingerprint density at radius 1 is 0.891 bits per heavy atom. The fourth-order valence-electron chi connectivity index (χ4n) is 5.09. The summed E-state index contributed by atoms with van der Waals surface area (Å²) in [4.78, 5) is 39.8. The molecule has 1 aromatic heterocycles. The summed E-state index contributed by atoms with van der Waals surface area (Å²) in [6.07, 6.45) is 0.468. The summed E-state index contributed by atoms with van der Waals surface area (Å²) < 4.78 is 63.5. The standard InChI is InChI=1S/C24H35N7O.2C2HF3O2/c1-15-11-12-18-17(13-15)22(27-19-9-5-6-10-20(19)28-23(25)26)31-24(29-18)30-21(32)14-16-7-3-2-4-8-16;2*3-2(4,5)1(6)7/h11-13,16,19-20H,2-10,14H2,1H3,(H4,25,26,28)(H2,27,29,30,31,32);2*(H,6,7). The van der Waals surface area contributed by atoms with Crippen LogP contribution in [0.1, 0.15) is 69.8 Å². The summed E-state index contributed by atoms with van der Waals surface area (Å²) in [5.74, 6) is -4.01. The fourth-order valence-corrected chi connectivity index (χ4v) is 5.09. The number of nitrogens with two attached hydrogens (primary N) is 1. The molecule has 2 unspecified atom stereocenters. The minimum atomic E-state index is -5.08. The van der Waals surface area contributed by atoms with Crippen molar-refractivity contribution in [3.63, 3.8) is 0 Å². The molecule has 2 saturated carbocycles. The molecule has 2 aliphatic carbocycles. The third-order valence-electron chi connectivity index (χ3n) is 7.22. The van der Waals surface area contributed by atoms with Gasteiger partial charge >= 0.3 is 24.3 Å². The average Bonchev–Trinajstić information content (AvgIpc) is 2.94. The molecule has 0 spiro atoms. The van der Waals surface area contributed by atoms with Gasteiger partial charge in [-0.15, -0.1) is 0 Å². The van der Waals surface area contributed by atoms with E-state index in [1.165, 1.54) is 19.3 Å². The minimum Gasteiger partial charge on any atom is -0.475 e. The molecule has 2 aromatic rings. The number of hydrogen-bond donors (Lipinski definition) is 7. The second-order valence-corrected chi connectivity index (χ2v) is 11.0. The first-order valence-corrected chi connectivity index (χ1v) is 14.4. The average molecular weight is 666 g/mol. The van der Waals surface area contributed by atoms with Crippen molar-refractivity contribution in [1.29, 1.82) is 5.41 Å². The van der Waals surface area contributed by atoms with E-state index in [4.69, 9.17) is 35.9 Å². The van der Waals surface area contributed by atoms with E-state index < -0.39 is 24.3 Å². The van der Waals surface area contributed by atoms with Crippen LogP contribution in [0.15, 0.2) is 18.2 Å². The number of rotatable bonds is 6. The van der Waals surface area contributed by atoms with Crippen molar-refractivity contribution in [2.75, 3.05) is 10.6 Å². The van der Waals surface area contributed by atoms with Gasteiger partial charge in [0.25, 0.3) is 0 Å². The summed E-state index contributed by atoms with van der Waals surface area (Å²) in [6, 6.07) is 6.23. The number of anilines is 2. The lowest BCUT2D eigenvalue weighted by atomic mass is 9.87. The molecule has 1 heterocycles. The molecule has 0 bridgehead atoms. The Balaban J connectivity index is 0.000000440. The summed E-state index contributed by atoms with van der Waals surface area (Å²) in [6.45, 7) is 2.05. The first-order chi connectivity index (χ1) is 21.4. The third kappa shape index (κ3) is 12.9. The molecule has 46 heavy (non-hydrogen) atoms. The number of hydrogen-bond acceptors (Lipinski definition) is 7. The maximum atomic E-state index is 12.7. The highest BCUT2D eigenvalue weighted by atomic mass is 19.4. The van der Waals surface area contributed by atoms with E-state index in [1.807, 2.05) is 19.1 Å². The van der Waals surface area contributed by atoms with Crippen LogP contribution in [0.3, 0.4) is 0 Å². The monoisotopic (exact) mass is 665 g/mol. The van der Waals surface area contributed by atoms with E-state index in [0.717, 1.165) is 55.0 Å². The number of aromatic nitrogens is 2. The first kappa shape index (κ1) is 37.8. The van der Waals surface area contributed by atoms with Crippen LogP contribution in [-0.2, 0) is 14.4 Å². The molecule has 0 aliphatic heterocycles. The van der Waals surface area contributed by atoms with Crippen LogP contribution in [0.5, 0.6) is 0 Å². The maximum absolute atomic E-state index is 12.7. The van der Waals surface area contributed by atoms with Gasteiger partial charge < -0.3 is 26.6 Å². The molecule has 2 fully saturated rings. The Labute approximate surface area is 260 Å². The highest BCUT2D eigenvalue weighted by Crippen LogP contribution is 2.29. The number of carbonyl (C=O) groups excluding carboxylic acids is 1. The number of fused-ring (bicyclic) bond motifs is 1. The molecule has 1 amide bonds. The van der Waals surface area contributed by atoms with Gasteiger partial charge in [-0.1, -0.05) is 43.7 Å². The molecular weight excluding hydrogens is 628 g/mol. The van der Waals surface area contributed by atoms with Gasteiger partial charge in [0.05, 0.1) is 5.52 Å². The second-order valence-electron chi connectivity index (χ2n) is 11.0. The Bertz CT molecular complexity index is 1340. The number of benzene rings is 1. The molecule has 0 radical (unpaired) electrons. The summed E-state index contributed by atoms with van der Waals surface area (Å²) in [7, 11) is 0. The van der Waals surface area contributed by atoms with E-state index in [9.17, 15) is 31.1 Å². The van der Waals surface area contributed by atoms with Gasteiger partial charge in [0.15, 0.2) is 5.96 Å². The van der Waals surface area contributed by atoms with Gasteiger partial charge in [-0.25, -0.2) is 14.6 Å². The van der Waals surface area contributed by atoms with Crippen LogP contribution in [0.4, 0.5) is 38.1 Å². The molecule has 0 saturated heterocycles. The van der Waals surface area contributed by atoms with Crippen LogP contribution in [0.25, 0.3) is 10.9 Å². The Morgan fingerprint density at radius 2 is 1.41 bits per heavy atom. The van der Waals surface area contributed by atoms with E-state index in [2.05, 4.69) is 27.0 Å². The van der Waals surface area contributed by atoms with Gasteiger partial charge in [0.2, 0.25) is 11.9 Å². The van der Waals surface area contributed by atoms with Crippen LogP contribution >= 0.6 is 0 Å². The van der Waals surface area contributed by atoms with Crippen LogP contribution in [-0.4, -0.2) is 68.4 Å². The van der Waals surface area contributed by atoms with Gasteiger partial charge in [0.1, 0.15) is 5.82 Å². The van der Waals surface area contributed by atoms with Gasteiger partial charge in [0, 0.05) is 23.9 Å². The van der Waals surface area contributed by atoms with E-state index in [0.29, 0.717) is 24.1 Å². The van der Waals surface area contributed by atoms with Crippen molar-refractivity contribution in [1.82, 2.24) is 15.3 Å². The largest absolute Gasteiger partial charge is 0.490 e. The normalized spacial score (nSPS) is 18.6. The number of amides is 1. The summed E-state index contributed by atoms with van der Waals surface area (Å²) in [5, 5.41) is 32.4. The predicted molar refractivity (Wildman–Crippen MR) is 156 cm³/mol. The quantitative estimate of drug-likeness (QED) is 0.120. The van der Waals surface area contributed by atoms with Crippen LogP contribution < -0.4 is 21.7 Å². The van der Waals surface area contributed by atoms with Crippen molar-refractivity contribution >= 4 is 46.5 Å². The number of carbonyl (C=O) groups is 3. The van der Waals surface area contributed by atoms with Crippen molar-refractivity contribution in [2.45, 2.75) is 95.6 Å². The van der Waals surface area contributed by atoms with Crippen molar-refractivity contribution in [3.8, 4) is 0 Å². The summed E-state index contributed by atoms with van der Waals surface area (Å²) in [5.41, 5.74) is 7.54. The number of aliphatic carboxylic acids is 2. The van der Waals surface area contributed by atoms with Crippen LogP contribution in [0.2, 0.25) is 0 Å². The lowest BCUT2D eigenvalue weighted by Gasteiger charge is -2.33. The number of guanidine groups is 1. The third-order valence-corrected chi connectivity index (χ3v) is 7.22. The smallest absolute Gasteiger partial charge is 0.475 e. The Morgan fingerprint density at radius 3 is 1.93 bits per heavy atom. The molecule has 4 rings (SSSR count). The second kappa shape index (κ2) is 16.8. The molecule has 256 valence electrons. The fraction of sp³-hybridized carbons (Fsp3) is 0.571. The van der Waals surface area contributed by atoms with Crippen LogP contribution in [0, 0.1) is 18.3 Å². The van der Waals surface area contributed by atoms with Crippen molar-refractivity contribution in [2.24, 2.45) is 11.7 Å². The number of nitrogens with zero attached hydrogens (tertiary/aromatic N) is 2. The van der Waals surface area contributed by atoms with Gasteiger partial charge in [-0.05, 0) is 50.7 Å². The van der Waals surface area contributed by atoms with Crippen molar-refractivity contribution in [3.05, 3.63) is 23.8 Å². The van der Waals surface area contributed by atoms with E-state index in [-0.39, 0.29) is 24.0 Å². The molecule has 1 aromatic carbocycles. The highest BCUT2D eigenvalue weighted by molar-refractivity contribution is 5.94. The van der Waals surface area contributed by atoms with Crippen molar-refractivity contribution < 1.29 is 50.9 Å². The topological polar surface area (TPSA) is 203 Å². The lowest BCUT2D eigenvalue weighted by molar-refractivity contribution is -0.193. The molecular formula is C28H37F6N7O5. The molecule has 2 aliphatic rings. The number of halogens is 6. The molecule has 8 N–H and O–H groups in total. The Kier molecular flexibility index (Phi) is 13.8. The first-order valence-electron chi connectivity index (χ1n) is 14.4. The minimum absolute atomic E-state index is 0.0110. The number of carboxylic acids is 2. The number of alkyl halides is 6. The zero-order valence-electron chi connectivity index (χ0n) is 24.9. The molecule has 18 heteroatoms. The zero-order valence-corrected chi connectivity index (χ0v) is 24.9. The predicted octanol–water partition coefficient (Wildman–Crippen LogP) is 5.32. The number of carboxylic acid groups (broad SMARTS) is 2. The molecule has 2 atom stereocenters. The van der Waals surface area contributed by atoms with Gasteiger partial charge in [-0.2, -0.15) is 31.3 Å². The van der Waals surface area contributed by atoms with Gasteiger partial charge in [-0.3, -0.25) is 15.5 Å². The Hall–Kier alpha value is -4.38. The highest BCUT2D eigenvalue weighted by Gasteiger charge is 2.39.